The number of hydrogen-bond acceptors (Lipinski definition) is 4. The number of rotatable bonds is 2. The molecule has 2 rings (SSSR count). The summed E-state index contributed by atoms with van der Waals surface area (Å²) >= 11 is 0. The predicted molar refractivity (Wildman–Crippen MR) is 41.0 cm³/mol. The molecule has 0 aliphatic carbocycles. The lowest BCUT2D eigenvalue weighted by Gasteiger charge is -2.28. The van der Waals surface area contributed by atoms with Crippen LogP contribution in [-0.4, -0.2) is 57.1 Å². The van der Waals surface area contributed by atoms with Crippen molar-refractivity contribution in [2.75, 3.05) is 20.3 Å². The average Bonchev–Trinajstić information content (AvgIpc) is 2.56. The summed E-state index contributed by atoms with van der Waals surface area (Å²) in [7, 11) is 7.18. The number of aliphatic hydroxyl groups excluding tert-OH is 1. The van der Waals surface area contributed by atoms with Gasteiger partial charge in [0, 0.05) is 13.1 Å². The lowest BCUT2D eigenvalue weighted by molar-refractivity contribution is -0.138. The van der Waals surface area contributed by atoms with E-state index in [0.29, 0.717) is 6.61 Å². The zero-order valence-corrected chi connectivity index (χ0v) is 6.90. The summed E-state index contributed by atoms with van der Waals surface area (Å²) in [4.78, 5) is 0. The van der Waals surface area contributed by atoms with E-state index in [1.807, 2.05) is 0 Å². The van der Waals surface area contributed by atoms with Crippen LogP contribution in [0.2, 0.25) is 0 Å². The monoisotopic (exact) mass is 170 g/mol. The van der Waals surface area contributed by atoms with E-state index < -0.39 is 11.6 Å². The van der Waals surface area contributed by atoms with E-state index in [4.69, 9.17) is 27.2 Å². The van der Waals surface area contributed by atoms with Crippen LogP contribution in [0.5, 0.6) is 0 Å². The number of aliphatic hydroxyl groups is 1. The third-order valence-corrected chi connectivity index (χ3v) is 2.55. The van der Waals surface area contributed by atoms with E-state index in [0.717, 1.165) is 0 Å². The summed E-state index contributed by atoms with van der Waals surface area (Å²) in [6.07, 6.45) is -0.473. The van der Waals surface area contributed by atoms with Crippen molar-refractivity contribution < 1.29 is 19.3 Å². The minimum atomic E-state index is -0.723. The van der Waals surface area contributed by atoms with Gasteiger partial charge in [-0.3, -0.25) is 0 Å². The van der Waals surface area contributed by atoms with Crippen molar-refractivity contribution in [2.45, 2.75) is 23.8 Å². The fourth-order valence-electron chi connectivity index (χ4n) is 1.93. The van der Waals surface area contributed by atoms with Gasteiger partial charge in [0.05, 0.1) is 13.2 Å². The number of fused-ring (bicyclic) bond motifs is 2. The highest BCUT2D eigenvalue weighted by atomic mass is 16.7. The van der Waals surface area contributed by atoms with E-state index in [9.17, 15) is 0 Å². The molecule has 0 aromatic carbocycles. The predicted octanol–water partition coefficient (Wildman–Crippen LogP) is -1.34. The van der Waals surface area contributed by atoms with Crippen molar-refractivity contribution in [3.8, 4) is 0 Å². The topological polar surface area (TPSA) is 47.9 Å². The SMILES string of the molecule is [B]C1O[C@]2(CO)COC1C2OC. The van der Waals surface area contributed by atoms with Crippen LogP contribution < -0.4 is 0 Å². The third-order valence-electron chi connectivity index (χ3n) is 2.55. The van der Waals surface area contributed by atoms with Crippen molar-refractivity contribution in [2.24, 2.45) is 0 Å². The fraction of sp³-hybridized carbons (Fsp3) is 1.00. The molecule has 2 saturated heterocycles. The standard InChI is InChI=1S/C7H11BO4/c1-10-5-4-6(8)12-7(5,2-9)3-11-4/h4-6,9H,2-3H2,1H3/t4?,5?,6?,7-/m1/s1. The fourth-order valence-corrected chi connectivity index (χ4v) is 1.93. The molecule has 5 heteroatoms. The Bertz CT molecular complexity index is 188. The second kappa shape index (κ2) is 2.70. The molecule has 2 fully saturated rings. The smallest absolute Gasteiger partial charge is 0.142 e. The molecule has 0 saturated carbocycles. The highest BCUT2D eigenvalue weighted by molar-refractivity contribution is 6.11. The Hall–Kier alpha value is -0.0951. The summed E-state index contributed by atoms with van der Waals surface area (Å²) < 4.78 is 15.9. The molecular formula is C7H11BO4. The van der Waals surface area contributed by atoms with E-state index in [2.05, 4.69) is 0 Å². The Morgan fingerprint density at radius 3 is 2.92 bits per heavy atom. The van der Waals surface area contributed by atoms with Gasteiger partial charge in [-0.15, -0.1) is 0 Å². The van der Waals surface area contributed by atoms with Gasteiger partial charge in [0.15, 0.2) is 0 Å². The molecule has 0 amide bonds. The Kier molecular flexibility index (Phi) is 1.91. The maximum Gasteiger partial charge on any atom is 0.142 e. The molecule has 2 aliphatic rings. The molecule has 66 valence electrons. The highest BCUT2D eigenvalue weighted by Gasteiger charge is 2.59. The molecular weight excluding hydrogens is 159 g/mol. The average molecular weight is 170 g/mol. The largest absolute Gasteiger partial charge is 0.393 e. The summed E-state index contributed by atoms with van der Waals surface area (Å²) in [6.45, 7) is 0.246. The lowest BCUT2D eigenvalue weighted by Crippen LogP contribution is -2.45. The van der Waals surface area contributed by atoms with Gasteiger partial charge in [-0.25, -0.2) is 0 Å². The molecule has 0 aromatic rings. The minimum Gasteiger partial charge on any atom is -0.393 e. The van der Waals surface area contributed by atoms with E-state index in [1.54, 1.807) is 7.11 Å². The Labute approximate surface area is 72.2 Å². The first-order chi connectivity index (χ1) is 5.73. The third kappa shape index (κ3) is 0.878. The normalized spacial score (nSPS) is 51.7. The van der Waals surface area contributed by atoms with Crippen molar-refractivity contribution in [3.05, 3.63) is 0 Å². The quantitative estimate of drug-likeness (QED) is 0.521. The molecule has 1 N–H and O–H groups in total. The Morgan fingerprint density at radius 1 is 1.75 bits per heavy atom. The molecule has 4 nitrogen and oxygen atoms in total. The first kappa shape index (κ1) is 8.50. The van der Waals surface area contributed by atoms with Gasteiger partial charge >= 0.3 is 0 Å². The van der Waals surface area contributed by atoms with Crippen LogP contribution in [0.15, 0.2) is 0 Å². The Morgan fingerprint density at radius 2 is 2.50 bits per heavy atom. The minimum absolute atomic E-state index is 0.115. The molecule has 3 unspecified atom stereocenters. The molecule has 2 radical (unpaired) electrons. The zero-order chi connectivity index (χ0) is 8.77. The van der Waals surface area contributed by atoms with Gasteiger partial charge in [0.2, 0.25) is 0 Å². The van der Waals surface area contributed by atoms with Crippen molar-refractivity contribution in [3.63, 3.8) is 0 Å². The maximum absolute atomic E-state index is 9.12. The van der Waals surface area contributed by atoms with Gasteiger partial charge in [-0.1, -0.05) is 0 Å². The lowest BCUT2D eigenvalue weighted by atomic mass is 9.92. The van der Waals surface area contributed by atoms with Crippen LogP contribution in [0, 0.1) is 0 Å². The summed E-state index contributed by atoms with van der Waals surface area (Å²) in [5.74, 6) is 0. The van der Waals surface area contributed by atoms with Crippen LogP contribution in [0.25, 0.3) is 0 Å². The number of hydrogen-bond donors (Lipinski definition) is 1. The van der Waals surface area contributed by atoms with Crippen LogP contribution in [0.1, 0.15) is 0 Å². The second-order valence-corrected chi connectivity index (χ2v) is 3.24. The molecule has 2 heterocycles. The molecule has 0 aromatic heterocycles. The molecule has 4 atom stereocenters. The van der Waals surface area contributed by atoms with E-state index in [1.165, 1.54) is 0 Å². The highest BCUT2D eigenvalue weighted by Crippen LogP contribution is 2.40. The van der Waals surface area contributed by atoms with E-state index >= 15 is 0 Å². The molecule has 2 aliphatic heterocycles. The first-order valence-corrected chi connectivity index (χ1v) is 3.92. The van der Waals surface area contributed by atoms with E-state index in [-0.39, 0.29) is 18.8 Å². The van der Waals surface area contributed by atoms with Crippen LogP contribution >= 0.6 is 0 Å². The zero-order valence-electron chi connectivity index (χ0n) is 6.90. The van der Waals surface area contributed by atoms with Gasteiger partial charge < -0.3 is 19.3 Å². The first-order valence-electron chi connectivity index (χ1n) is 3.92. The van der Waals surface area contributed by atoms with Crippen molar-refractivity contribution in [1.29, 1.82) is 0 Å². The van der Waals surface area contributed by atoms with Gasteiger partial charge in [0.1, 0.15) is 25.7 Å². The van der Waals surface area contributed by atoms with Gasteiger partial charge in [-0.2, -0.15) is 0 Å². The van der Waals surface area contributed by atoms with Gasteiger partial charge in [-0.05, 0) is 0 Å². The summed E-state index contributed by atoms with van der Waals surface area (Å²) in [6, 6.07) is -0.476. The van der Waals surface area contributed by atoms with Crippen molar-refractivity contribution >= 4 is 7.85 Å². The van der Waals surface area contributed by atoms with Crippen molar-refractivity contribution in [1.82, 2.24) is 0 Å². The van der Waals surface area contributed by atoms with Crippen LogP contribution in [0.4, 0.5) is 0 Å². The molecule has 2 bridgehead atoms. The summed E-state index contributed by atoms with van der Waals surface area (Å²) in [5, 5.41) is 9.12. The number of methoxy groups -OCH3 is 1. The maximum atomic E-state index is 9.12. The summed E-state index contributed by atoms with van der Waals surface area (Å²) in [5.41, 5.74) is -0.723. The Balaban J connectivity index is 2.23. The van der Waals surface area contributed by atoms with Crippen LogP contribution in [0.3, 0.4) is 0 Å². The second-order valence-electron chi connectivity index (χ2n) is 3.24. The number of ether oxygens (including phenoxy) is 3. The molecule has 0 spiro atoms. The van der Waals surface area contributed by atoms with Gasteiger partial charge in [0.25, 0.3) is 0 Å². The molecule has 12 heavy (non-hydrogen) atoms. The van der Waals surface area contributed by atoms with Crippen LogP contribution in [-0.2, 0) is 14.2 Å².